The van der Waals surface area contributed by atoms with E-state index in [0.717, 1.165) is 16.7 Å². The first kappa shape index (κ1) is 23.7. The summed E-state index contributed by atoms with van der Waals surface area (Å²) >= 11 is 0. The van der Waals surface area contributed by atoms with Gasteiger partial charge in [-0.25, -0.2) is 4.39 Å². The maximum absolute atomic E-state index is 13.0. The standard InChI is InChI=1S/C26H26FN5O3/c1-28-24-21(14-18-10-8-17(9-11-18)13-19-6-4-12-29-25(19)33)23(31-32-24)26(34)30-15-20-5-2-3-7-22(20)35-16-27/h2-12H,13-16H2,1H3,(H,29,33)(H,30,34)(H2,28,31,32). The molecule has 0 bridgehead atoms. The number of pyridine rings is 1. The number of amides is 1. The zero-order chi connectivity index (χ0) is 24.6. The first-order chi connectivity index (χ1) is 17.1. The largest absolute Gasteiger partial charge is 0.463 e. The first-order valence-electron chi connectivity index (χ1n) is 11.1. The Hall–Kier alpha value is -4.40. The summed E-state index contributed by atoms with van der Waals surface area (Å²) in [5.74, 6) is 0.633. The van der Waals surface area contributed by atoms with Crippen LogP contribution in [0, 0.1) is 0 Å². The minimum Gasteiger partial charge on any atom is -0.463 e. The minimum absolute atomic E-state index is 0.0943. The van der Waals surface area contributed by atoms with Crippen LogP contribution in [0.3, 0.4) is 0 Å². The van der Waals surface area contributed by atoms with Gasteiger partial charge in [-0.3, -0.25) is 14.7 Å². The van der Waals surface area contributed by atoms with Crippen molar-refractivity contribution < 1.29 is 13.9 Å². The lowest BCUT2D eigenvalue weighted by atomic mass is 10.0. The van der Waals surface area contributed by atoms with Crippen molar-refractivity contribution in [3.05, 3.63) is 111 Å². The molecule has 0 fully saturated rings. The summed E-state index contributed by atoms with van der Waals surface area (Å²) in [5, 5.41) is 12.9. The van der Waals surface area contributed by atoms with Crippen molar-refractivity contribution in [1.29, 1.82) is 0 Å². The van der Waals surface area contributed by atoms with E-state index in [-0.39, 0.29) is 18.0 Å². The molecule has 0 unspecified atom stereocenters. The molecule has 2 aromatic heterocycles. The second kappa shape index (κ2) is 11.1. The van der Waals surface area contributed by atoms with Crippen LogP contribution in [0.4, 0.5) is 10.2 Å². The fourth-order valence-electron chi connectivity index (χ4n) is 3.84. The van der Waals surface area contributed by atoms with Crippen LogP contribution >= 0.6 is 0 Å². The van der Waals surface area contributed by atoms with Crippen LogP contribution in [0.5, 0.6) is 5.75 Å². The predicted octanol–water partition coefficient (Wildman–Crippen LogP) is 3.56. The molecule has 0 atom stereocenters. The van der Waals surface area contributed by atoms with E-state index in [2.05, 4.69) is 25.8 Å². The van der Waals surface area contributed by atoms with Gasteiger partial charge in [-0.1, -0.05) is 48.5 Å². The maximum Gasteiger partial charge on any atom is 0.269 e. The molecular formula is C26H26FN5O3. The molecule has 0 aliphatic carbocycles. The van der Waals surface area contributed by atoms with Crippen molar-refractivity contribution in [3.63, 3.8) is 0 Å². The molecule has 2 aromatic carbocycles. The molecular weight excluding hydrogens is 449 g/mol. The van der Waals surface area contributed by atoms with Crippen LogP contribution in [-0.2, 0) is 19.4 Å². The van der Waals surface area contributed by atoms with Gasteiger partial charge in [0.05, 0.1) is 0 Å². The molecule has 4 rings (SSSR count). The fourth-order valence-corrected chi connectivity index (χ4v) is 3.84. The predicted molar refractivity (Wildman–Crippen MR) is 131 cm³/mol. The van der Waals surface area contributed by atoms with Crippen molar-refractivity contribution in [3.8, 4) is 5.75 Å². The van der Waals surface area contributed by atoms with E-state index >= 15 is 0 Å². The Kier molecular flexibility index (Phi) is 7.57. The molecule has 0 saturated heterocycles. The minimum atomic E-state index is -0.943. The second-order valence-electron chi connectivity index (χ2n) is 7.91. The lowest BCUT2D eigenvalue weighted by Crippen LogP contribution is -2.24. The third kappa shape index (κ3) is 5.75. The molecule has 9 heteroatoms. The van der Waals surface area contributed by atoms with Crippen LogP contribution in [0.25, 0.3) is 0 Å². The second-order valence-corrected chi connectivity index (χ2v) is 7.91. The highest BCUT2D eigenvalue weighted by Crippen LogP contribution is 2.22. The average molecular weight is 476 g/mol. The van der Waals surface area contributed by atoms with Gasteiger partial charge in [0.15, 0.2) is 5.82 Å². The number of halogens is 1. The molecule has 0 aliphatic heterocycles. The SMILES string of the molecule is CNc1n[nH]c(C(=O)NCc2ccccc2OCF)c1Cc1ccc(Cc2ccc[nH]c2=O)cc1. The molecule has 180 valence electrons. The van der Waals surface area contributed by atoms with E-state index < -0.39 is 6.86 Å². The summed E-state index contributed by atoms with van der Waals surface area (Å²) in [5.41, 5.74) is 4.35. The number of aromatic amines is 2. The van der Waals surface area contributed by atoms with Gasteiger partial charge >= 0.3 is 0 Å². The number of carbonyl (C=O) groups excluding carboxylic acids is 1. The Bertz CT molecular complexity index is 1350. The molecule has 8 nitrogen and oxygen atoms in total. The first-order valence-corrected chi connectivity index (χ1v) is 11.1. The number of alkyl halides is 1. The summed E-state index contributed by atoms with van der Waals surface area (Å²) in [6.07, 6.45) is 2.62. The normalized spacial score (nSPS) is 10.7. The Morgan fingerprint density at radius 1 is 1.00 bits per heavy atom. The number of H-pyrrole nitrogens is 2. The quantitative estimate of drug-likeness (QED) is 0.280. The number of benzene rings is 2. The Morgan fingerprint density at radius 3 is 2.43 bits per heavy atom. The summed E-state index contributed by atoms with van der Waals surface area (Å²) in [6.45, 7) is -0.766. The Balaban J connectivity index is 1.47. The number of anilines is 1. The lowest BCUT2D eigenvalue weighted by Gasteiger charge is -2.11. The third-order valence-corrected chi connectivity index (χ3v) is 5.65. The number of aromatic nitrogens is 3. The molecule has 2 heterocycles. The molecule has 0 radical (unpaired) electrons. The number of nitrogens with zero attached hydrogens (tertiary/aromatic N) is 1. The van der Waals surface area contributed by atoms with Crippen LogP contribution in [0.1, 0.15) is 38.3 Å². The van der Waals surface area contributed by atoms with E-state index in [1.807, 2.05) is 36.4 Å². The van der Waals surface area contributed by atoms with Crippen molar-refractivity contribution in [2.45, 2.75) is 19.4 Å². The molecule has 0 aliphatic rings. The zero-order valence-corrected chi connectivity index (χ0v) is 19.2. The van der Waals surface area contributed by atoms with Crippen LogP contribution in [-0.4, -0.2) is 35.0 Å². The van der Waals surface area contributed by atoms with Gasteiger partial charge in [0.2, 0.25) is 6.86 Å². The number of para-hydroxylation sites is 1. The zero-order valence-electron chi connectivity index (χ0n) is 19.2. The van der Waals surface area contributed by atoms with Gasteiger partial charge in [-0.15, -0.1) is 0 Å². The summed E-state index contributed by atoms with van der Waals surface area (Å²) in [7, 11) is 1.74. The summed E-state index contributed by atoms with van der Waals surface area (Å²) < 4.78 is 17.6. The topological polar surface area (TPSA) is 112 Å². The molecule has 4 aromatic rings. The van der Waals surface area contributed by atoms with Crippen LogP contribution in [0.2, 0.25) is 0 Å². The van der Waals surface area contributed by atoms with Gasteiger partial charge in [0.1, 0.15) is 11.4 Å². The van der Waals surface area contributed by atoms with Gasteiger partial charge in [-0.05, 0) is 23.3 Å². The number of nitrogens with one attached hydrogen (secondary N) is 4. The number of hydrogen-bond donors (Lipinski definition) is 4. The van der Waals surface area contributed by atoms with E-state index in [1.165, 1.54) is 0 Å². The number of carbonyl (C=O) groups is 1. The molecule has 1 amide bonds. The molecule has 0 spiro atoms. The van der Waals surface area contributed by atoms with Crippen LogP contribution < -0.4 is 20.9 Å². The van der Waals surface area contributed by atoms with E-state index in [0.29, 0.717) is 41.2 Å². The third-order valence-electron chi connectivity index (χ3n) is 5.65. The van der Waals surface area contributed by atoms with Gasteiger partial charge in [0, 0.05) is 49.3 Å². The monoisotopic (exact) mass is 475 g/mol. The molecule has 35 heavy (non-hydrogen) atoms. The highest BCUT2D eigenvalue weighted by Gasteiger charge is 2.19. The highest BCUT2D eigenvalue weighted by atomic mass is 19.1. The summed E-state index contributed by atoms with van der Waals surface area (Å²) in [4.78, 5) is 27.6. The van der Waals surface area contributed by atoms with Gasteiger partial charge in [0.25, 0.3) is 11.5 Å². The van der Waals surface area contributed by atoms with Crippen molar-refractivity contribution in [2.75, 3.05) is 19.2 Å². The fraction of sp³-hybridized carbons (Fsp3) is 0.192. The Labute approximate surface area is 201 Å². The highest BCUT2D eigenvalue weighted by molar-refractivity contribution is 5.95. The smallest absolute Gasteiger partial charge is 0.269 e. The average Bonchev–Trinajstić information content (AvgIpc) is 3.28. The van der Waals surface area contributed by atoms with E-state index in [4.69, 9.17) is 4.74 Å². The van der Waals surface area contributed by atoms with E-state index in [9.17, 15) is 14.0 Å². The lowest BCUT2D eigenvalue weighted by molar-refractivity contribution is 0.0944. The number of hydrogen-bond acceptors (Lipinski definition) is 5. The van der Waals surface area contributed by atoms with Crippen molar-refractivity contribution in [2.24, 2.45) is 0 Å². The van der Waals surface area contributed by atoms with Gasteiger partial charge in [-0.2, -0.15) is 5.10 Å². The van der Waals surface area contributed by atoms with Crippen LogP contribution in [0.15, 0.2) is 71.7 Å². The van der Waals surface area contributed by atoms with Crippen molar-refractivity contribution in [1.82, 2.24) is 20.5 Å². The molecule has 4 N–H and O–H groups in total. The van der Waals surface area contributed by atoms with E-state index in [1.54, 1.807) is 37.5 Å². The number of rotatable bonds is 10. The summed E-state index contributed by atoms with van der Waals surface area (Å²) in [6, 6.07) is 18.5. The van der Waals surface area contributed by atoms with Gasteiger partial charge < -0.3 is 20.4 Å². The maximum atomic E-state index is 13.0. The Morgan fingerprint density at radius 2 is 1.71 bits per heavy atom. The number of ether oxygens (including phenoxy) is 1. The molecule has 0 saturated carbocycles. The van der Waals surface area contributed by atoms with Crippen molar-refractivity contribution >= 4 is 11.7 Å².